The van der Waals surface area contributed by atoms with E-state index in [1.54, 1.807) is 0 Å². The fourth-order valence-electron chi connectivity index (χ4n) is 5.36. The van der Waals surface area contributed by atoms with Crippen LogP contribution < -0.4 is 0 Å². The third-order valence-electron chi connectivity index (χ3n) is 6.63. The molecule has 1 aromatic heterocycles. The topological polar surface area (TPSA) is 36.1 Å². The number of amides is 1. The van der Waals surface area contributed by atoms with Gasteiger partial charge in [0.15, 0.2) is 0 Å². The number of rotatable bonds is 2. The van der Waals surface area contributed by atoms with Gasteiger partial charge in [0.1, 0.15) is 5.69 Å². The van der Waals surface area contributed by atoms with Gasteiger partial charge in [0.05, 0.1) is 0 Å². The molecule has 1 saturated heterocycles. The predicted octanol–water partition coefficient (Wildman–Crippen LogP) is 5.36. The minimum atomic E-state index is 0.176. The molecule has 2 heterocycles. The smallest absolute Gasteiger partial charge is 0.270 e. The van der Waals surface area contributed by atoms with Crippen molar-refractivity contribution in [3.05, 3.63) is 71.9 Å². The molecule has 2 aliphatic rings. The van der Waals surface area contributed by atoms with Gasteiger partial charge < -0.3 is 9.88 Å². The summed E-state index contributed by atoms with van der Waals surface area (Å²) in [5.41, 5.74) is 3.23. The molecule has 0 unspecified atom stereocenters. The maximum absolute atomic E-state index is 13.4. The molecule has 1 amide bonds. The predicted molar refractivity (Wildman–Crippen MR) is 109 cm³/mol. The first-order valence-corrected chi connectivity index (χ1v) is 10.2. The molecular formula is C24H26N2O. The number of aromatic amines is 1. The van der Waals surface area contributed by atoms with Crippen LogP contribution in [0.15, 0.2) is 60.7 Å². The molecule has 27 heavy (non-hydrogen) atoms. The average molecular weight is 358 g/mol. The van der Waals surface area contributed by atoms with Crippen LogP contribution in [0.3, 0.4) is 0 Å². The molecule has 2 fully saturated rings. The molecule has 1 N–H and O–H groups in total. The highest BCUT2D eigenvalue weighted by Gasteiger charge is 2.42. The Labute approximate surface area is 160 Å². The molecule has 3 nitrogen and oxygen atoms in total. The number of aromatic nitrogens is 1. The second-order valence-corrected chi connectivity index (χ2v) is 8.09. The van der Waals surface area contributed by atoms with E-state index < -0.39 is 0 Å². The number of hydrogen-bond acceptors (Lipinski definition) is 1. The number of carbonyl (C=O) groups is 1. The molecule has 2 aromatic carbocycles. The molecule has 138 valence electrons. The van der Waals surface area contributed by atoms with Crippen molar-refractivity contribution in [2.75, 3.05) is 6.54 Å². The minimum absolute atomic E-state index is 0.176. The maximum Gasteiger partial charge on any atom is 0.270 e. The highest BCUT2D eigenvalue weighted by Crippen LogP contribution is 2.44. The van der Waals surface area contributed by atoms with E-state index in [9.17, 15) is 4.79 Å². The van der Waals surface area contributed by atoms with Crippen LogP contribution in [-0.4, -0.2) is 28.4 Å². The van der Waals surface area contributed by atoms with Crippen molar-refractivity contribution in [3.8, 4) is 0 Å². The Morgan fingerprint density at radius 1 is 0.926 bits per heavy atom. The monoisotopic (exact) mass is 358 g/mol. The molecule has 1 aliphatic heterocycles. The van der Waals surface area contributed by atoms with Crippen molar-refractivity contribution < 1.29 is 4.79 Å². The zero-order valence-corrected chi connectivity index (χ0v) is 15.6. The number of carbonyl (C=O) groups excluding carboxylic acids is 1. The molecule has 0 spiro atoms. The van der Waals surface area contributed by atoms with Gasteiger partial charge in [-0.05, 0) is 48.8 Å². The summed E-state index contributed by atoms with van der Waals surface area (Å²) in [6.07, 6.45) is 5.97. The number of piperidine rings is 1. The second kappa shape index (κ2) is 6.88. The number of nitrogens with zero attached hydrogens (tertiary/aromatic N) is 1. The highest BCUT2D eigenvalue weighted by molar-refractivity contribution is 5.98. The van der Waals surface area contributed by atoms with Crippen LogP contribution in [0.4, 0.5) is 0 Å². The van der Waals surface area contributed by atoms with Crippen molar-refractivity contribution in [1.82, 2.24) is 9.88 Å². The first-order chi connectivity index (χ1) is 13.3. The molecule has 3 heteroatoms. The van der Waals surface area contributed by atoms with Gasteiger partial charge in [-0.1, -0.05) is 61.4 Å². The van der Waals surface area contributed by atoms with Crippen LogP contribution in [0.1, 0.15) is 54.1 Å². The summed E-state index contributed by atoms with van der Waals surface area (Å²) in [6, 6.07) is 21.4. The van der Waals surface area contributed by atoms with Crippen LogP contribution >= 0.6 is 0 Å². The minimum Gasteiger partial charge on any atom is -0.351 e. The van der Waals surface area contributed by atoms with Crippen LogP contribution in [0.5, 0.6) is 0 Å². The van der Waals surface area contributed by atoms with E-state index in [4.69, 9.17) is 0 Å². The summed E-state index contributed by atoms with van der Waals surface area (Å²) in [7, 11) is 0. The molecule has 3 aromatic rings. The van der Waals surface area contributed by atoms with Crippen molar-refractivity contribution in [2.45, 2.75) is 44.1 Å². The van der Waals surface area contributed by atoms with Crippen LogP contribution in [0.2, 0.25) is 0 Å². The van der Waals surface area contributed by atoms with E-state index in [0.717, 1.165) is 36.0 Å². The molecule has 0 bridgehead atoms. The quantitative estimate of drug-likeness (QED) is 0.658. The summed E-state index contributed by atoms with van der Waals surface area (Å²) in [6.45, 7) is 0.856. The summed E-state index contributed by atoms with van der Waals surface area (Å²) in [5, 5.41) is 1.11. The van der Waals surface area contributed by atoms with Gasteiger partial charge in [-0.2, -0.15) is 0 Å². The largest absolute Gasteiger partial charge is 0.351 e. The Bertz CT molecular complexity index is 912. The van der Waals surface area contributed by atoms with Gasteiger partial charge in [-0.15, -0.1) is 0 Å². The number of benzene rings is 2. The number of fused-ring (bicyclic) bond motifs is 2. The summed E-state index contributed by atoms with van der Waals surface area (Å²) < 4.78 is 0. The molecule has 1 saturated carbocycles. The van der Waals surface area contributed by atoms with Gasteiger partial charge in [-0.3, -0.25) is 4.79 Å². The van der Waals surface area contributed by atoms with E-state index in [0.29, 0.717) is 17.9 Å². The van der Waals surface area contributed by atoms with Crippen LogP contribution in [-0.2, 0) is 0 Å². The summed E-state index contributed by atoms with van der Waals surface area (Å²) in [4.78, 5) is 18.9. The summed E-state index contributed by atoms with van der Waals surface area (Å²) >= 11 is 0. The lowest BCUT2D eigenvalue weighted by molar-refractivity contribution is 0.0315. The normalized spacial score (nSPS) is 25.3. The number of nitrogens with one attached hydrogen (secondary N) is 1. The second-order valence-electron chi connectivity index (χ2n) is 8.09. The van der Waals surface area contributed by atoms with Crippen LogP contribution in [0, 0.1) is 5.92 Å². The number of hydrogen-bond donors (Lipinski definition) is 1. The Morgan fingerprint density at radius 3 is 2.56 bits per heavy atom. The molecule has 1 aliphatic carbocycles. The Hall–Kier alpha value is -2.55. The zero-order chi connectivity index (χ0) is 18.2. The van der Waals surface area contributed by atoms with E-state index in [-0.39, 0.29) is 5.91 Å². The molecule has 5 rings (SSSR count). The molecular weight excluding hydrogens is 332 g/mol. The highest BCUT2D eigenvalue weighted by atomic mass is 16.2. The van der Waals surface area contributed by atoms with Gasteiger partial charge >= 0.3 is 0 Å². The fourth-order valence-corrected chi connectivity index (χ4v) is 5.36. The Balaban J connectivity index is 1.44. The Kier molecular flexibility index (Phi) is 4.23. The lowest BCUT2D eigenvalue weighted by atomic mass is 9.69. The van der Waals surface area contributed by atoms with E-state index >= 15 is 0 Å². The van der Waals surface area contributed by atoms with E-state index in [2.05, 4.69) is 46.3 Å². The lowest BCUT2D eigenvalue weighted by Gasteiger charge is -2.48. The van der Waals surface area contributed by atoms with Crippen molar-refractivity contribution in [1.29, 1.82) is 0 Å². The van der Waals surface area contributed by atoms with Gasteiger partial charge in [0, 0.05) is 23.5 Å². The van der Waals surface area contributed by atoms with E-state index in [1.165, 1.54) is 24.8 Å². The number of H-pyrrole nitrogens is 1. The first kappa shape index (κ1) is 16.6. The standard InChI is InChI=1S/C24H26N2O/c27-24(22-16-18-10-4-6-12-21(18)25-22)26-15-14-19(17-8-2-1-3-9-17)20-11-5-7-13-23(20)26/h1-4,6,8-10,12,16,19-20,23,25H,5,7,11,13-15H2/t19-,20-,23-/m1/s1. The third-order valence-corrected chi connectivity index (χ3v) is 6.63. The van der Waals surface area contributed by atoms with Gasteiger partial charge in [-0.25, -0.2) is 0 Å². The number of likely N-dealkylation sites (tertiary alicyclic amines) is 1. The lowest BCUT2D eigenvalue weighted by Crippen LogP contribution is -2.52. The summed E-state index contributed by atoms with van der Waals surface area (Å²) in [5.74, 6) is 1.35. The van der Waals surface area contributed by atoms with Crippen molar-refractivity contribution >= 4 is 16.8 Å². The first-order valence-electron chi connectivity index (χ1n) is 10.2. The number of para-hydroxylation sites is 1. The Morgan fingerprint density at radius 2 is 1.70 bits per heavy atom. The van der Waals surface area contributed by atoms with E-state index in [1.807, 2.05) is 24.3 Å². The average Bonchev–Trinajstić information content (AvgIpc) is 3.17. The van der Waals surface area contributed by atoms with Gasteiger partial charge in [0.25, 0.3) is 5.91 Å². The third kappa shape index (κ3) is 2.95. The molecule has 0 radical (unpaired) electrons. The van der Waals surface area contributed by atoms with Crippen molar-refractivity contribution in [3.63, 3.8) is 0 Å². The zero-order valence-electron chi connectivity index (χ0n) is 15.6. The SMILES string of the molecule is O=C(c1cc2ccccc2[nH]1)N1CC[C@H](c2ccccc2)[C@H]2CCCC[C@H]21. The van der Waals surface area contributed by atoms with Crippen LogP contribution in [0.25, 0.3) is 10.9 Å². The maximum atomic E-state index is 13.4. The van der Waals surface area contributed by atoms with Crippen molar-refractivity contribution in [2.24, 2.45) is 5.92 Å². The molecule has 3 atom stereocenters. The van der Waals surface area contributed by atoms with Gasteiger partial charge in [0.2, 0.25) is 0 Å². The fraction of sp³-hybridized carbons (Fsp3) is 0.375.